The summed E-state index contributed by atoms with van der Waals surface area (Å²) < 4.78 is 2.54. The first-order valence-corrected chi connectivity index (χ1v) is 18.1. The summed E-state index contributed by atoms with van der Waals surface area (Å²) in [6.45, 7) is 0. The summed E-state index contributed by atoms with van der Waals surface area (Å²) in [6.07, 6.45) is 0. The van der Waals surface area contributed by atoms with Gasteiger partial charge in [0.1, 0.15) is 0 Å². The molecule has 51 heavy (non-hydrogen) atoms. The van der Waals surface area contributed by atoms with E-state index in [2.05, 4.69) is 216 Å². The number of rotatable bonds is 8. The highest BCUT2D eigenvalue weighted by Gasteiger charge is 2.17. The van der Waals surface area contributed by atoms with Gasteiger partial charge >= 0.3 is 0 Å². The van der Waals surface area contributed by atoms with E-state index in [0.717, 1.165) is 34.1 Å². The van der Waals surface area contributed by atoms with Crippen molar-refractivity contribution in [2.24, 2.45) is 0 Å². The highest BCUT2D eigenvalue weighted by atomic mass is 32.1. The minimum Gasteiger partial charge on any atom is -0.310 e. The highest BCUT2D eigenvalue weighted by Crippen LogP contribution is 2.44. The first-order valence-electron chi connectivity index (χ1n) is 17.3. The van der Waals surface area contributed by atoms with Crippen LogP contribution in [0.15, 0.2) is 206 Å². The van der Waals surface area contributed by atoms with Gasteiger partial charge in [0.05, 0.1) is 0 Å². The molecule has 9 rings (SSSR count). The smallest absolute Gasteiger partial charge is 0.0476 e. The number of para-hydroxylation sites is 2. The second-order valence-electron chi connectivity index (χ2n) is 12.6. The Labute approximate surface area is 302 Å². The Hall–Kier alpha value is -6.42. The molecular weight excluding hydrogens is 637 g/mol. The van der Waals surface area contributed by atoms with Crippen LogP contribution in [0.2, 0.25) is 0 Å². The molecule has 0 atom stereocenters. The third-order valence-electron chi connectivity index (χ3n) is 9.45. The van der Waals surface area contributed by atoms with Crippen LogP contribution in [0.5, 0.6) is 0 Å². The molecule has 3 heteroatoms. The third kappa shape index (κ3) is 6.05. The molecule has 0 amide bonds. The topological polar surface area (TPSA) is 6.48 Å². The van der Waals surface area contributed by atoms with Crippen molar-refractivity contribution in [2.45, 2.75) is 0 Å². The first kappa shape index (κ1) is 30.6. The molecule has 1 heterocycles. The maximum Gasteiger partial charge on any atom is 0.0476 e. The lowest BCUT2D eigenvalue weighted by atomic mass is 10.0. The summed E-state index contributed by atoms with van der Waals surface area (Å²) in [6, 6.07) is 73.9. The van der Waals surface area contributed by atoms with Gasteiger partial charge in [-0.2, -0.15) is 0 Å². The molecule has 0 radical (unpaired) electrons. The van der Waals surface area contributed by atoms with Gasteiger partial charge < -0.3 is 9.80 Å². The fourth-order valence-corrected chi connectivity index (χ4v) is 8.07. The lowest BCUT2D eigenvalue weighted by Crippen LogP contribution is -2.09. The van der Waals surface area contributed by atoms with Crippen LogP contribution >= 0.6 is 11.3 Å². The van der Waals surface area contributed by atoms with E-state index in [4.69, 9.17) is 0 Å². The van der Waals surface area contributed by atoms with Crippen molar-refractivity contribution in [3.63, 3.8) is 0 Å². The van der Waals surface area contributed by atoms with Gasteiger partial charge in [0.25, 0.3) is 0 Å². The van der Waals surface area contributed by atoms with Crippen molar-refractivity contribution in [3.05, 3.63) is 206 Å². The van der Waals surface area contributed by atoms with Crippen molar-refractivity contribution < 1.29 is 0 Å². The highest BCUT2D eigenvalue weighted by molar-refractivity contribution is 7.25. The predicted octanol–water partition coefficient (Wildman–Crippen LogP) is 14.3. The largest absolute Gasteiger partial charge is 0.310 e. The summed E-state index contributed by atoms with van der Waals surface area (Å²) in [7, 11) is 0. The van der Waals surface area contributed by atoms with E-state index in [1.165, 1.54) is 42.4 Å². The molecule has 9 aromatic rings. The molecule has 0 unspecified atom stereocenters. The van der Waals surface area contributed by atoms with Gasteiger partial charge in [-0.1, -0.05) is 127 Å². The monoisotopic (exact) mass is 670 g/mol. The first-order chi connectivity index (χ1) is 25.3. The number of hydrogen-bond acceptors (Lipinski definition) is 3. The molecule has 0 aliphatic heterocycles. The van der Waals surface area contributed by atoms with Crippen molar-refractivity contribution in [1.82, 2.24) is 0 Å². The van der Waals surface area contributed by atoms with E-state index < -0.39 is 0 Å². The van der Waals surface area contributed by atoms with E-state index in [1.54, 1.807) is 0 Å². The van der Waals surface area contributed by atoms with E-state index in [9.17, 15) is 0 Å². The number of anilines is 6. The zero-order chi connectivity index (χ0) is 34.0. The molecule has 0 N–H and O–H groups in total. The normalized spacial score (nSPS) is 11.1. The van der Waals surface area contributed by atoms with Crippen molar-refractivity contribution in [2.75, 3.05) is 9.80 Å². The van der Waals surface area contributed by atoms with Crippen LogP contribution in [0.1, 0.15) is 0 Å². The van der Waals surface area contributed by atoms with E-state index in [1.807, 2.05) is 11.3 Å². The minimum absolute atomic E-state index is 1.12. The Morgan fingerprint density at radius 2 is 0.627 bits per heavy atom. The molecular formula is C48H34N2S. The number of hydrogen-bond donors (Lipinski definition) is 0. The van der Waals surface area contributed by atoms with Crippen molar-refractivity contribution in [1.29, 1.82) is 0 Å². The summed E-state index contributed by atoms with van der Waals surface area (Å²) >= 11 is 1.85. The molecule has 0 fully saturated rings. The molecule has 0 aliphatic carbocycles. The molecule has 8 aromatic carbocycles. The summed E-state index contributed by atoms with van der Waals surface area (Å²) in [5.41, 5.74) is 11.6. The molecule has 0 bridgehead atoms. The summed E-state index contributed by atoms with van der Waals surface area (Å²) in [5, 5.41) is 2.53. The molecule has 0 aliphatic rings. The summed E-state index contributed by atoms with van der Waals surface area (Å²) in [5.74, 6) is 0. The predicted molar refractivity (Wildman–Crippen MR) is 220 cm³/mol. The van der Waals surface area contributed by atoms with Crippen LogP contribution in [-0.4, -0.2) is 0 Å². The fourth-order valence-electron chi connectivity index (χ4n) is 6.95. The lowest BCUT2D eigenvalue weighted by molar-refractivity contribution is 1.29. The van der Waals surface area contributed by atoms with Crippen LogP contribution in [-0.2, 0) is 0 Å². The van der Waals surface area contributed by atoms with Gasteiger partial charge in [-0.05, 0) is 101 Å². The Morgan fingerprint density at radius 3 is 1.12 bits per heavy atom. The number of thiophene rings is 1. The molecule has 1 aromatic heterocycles. The standard InChI is InChI=1S/C48H34N2S/c1-5-13-35(14-6-1)37-21-25-41(26-22-37)50(42-27-23-38(24-28-42)36-15-7-2-8-16-36)44-29-31-45-46-33-43(30-32-47(46)51-48(45)34-44)49(39-17-9-3-10-18-39)40-19-11-4-12-20-40/h1-34H. The minimum atomic E-state index is 1.12. The maximum atomic E-state index is 2.37. The van der Waals surface area contributed by atoms with Gasteiger partial charge in [0.15, 0.2) is 0 Å². The Bertz CT molecular complexity index is 2420. The van der Waals surface area contributed by atoms with Gasteiger partial charge in [0, 0.05) is 54.3 Å². The number of benzene rings is 8. The Balaban J connectivity index is 1.14. The molecule has 0 spiro atoms. The van der Waals surface area contributed by atoms with Gasteiger partial charge in [0.2, 0.25) is 0 Å². The lowest BCUT2D eigenvalue weighted by Gasteiger charge is -2.26. The average Bonchev–Trinajstić information content (AvgIpc) is 3.57. The average molecular weight is 671 g/mol. The Kier molecular flexibility index (Phi) is 8.09. The van der Waals surface area contributed by atoms with E-state index >= 15 is 0 Å². The molecule has 242 valence electrons. The zero-order valence-corrected chi connectivity index (χ0v) is 28.7. The van der Waals surface area contributed by atoms with E-state index in [0.29, 0.717) is 0 Å². The number of nitrogens with zero attached hydrogens (tertiary/aromatic N) is 2. The number of fused-ring (bicyclic) bond motifs is 3. The molecule has 0 saturated heterocycles. The van der Waals surface area contributed by atoms with Crippen LogP contribution < -0.4 is 9.80 Å². The third-order valence-corrected chi connectivity index (χ3v) is 10.6. The Morgan fingerprint density at radius 1 is 0.255 bits per heavy atom. The van der Waals surface area contributed by atoms with Crippen molar-refractivity contribution in [3.8, 4) is 22.3 Å². The van der Waals surface area contributed by atoms with Crippen LogP contribution in [0.25, 0.3) is 42.4 Å². The second-order valence-corrected chi connectivity index (χ2v) is 13.7. The molecule has 2 nitrogen and oxygen atoms in total. The molecule has 0 saturated carbocycles. The van der Waals surface area contributed by atoms with E-state index in [-0.39, 0.29) is 0 Å². The maximum absolute atomic E-state index is 2.37. The SMILES string of the molecule is c1ccc(-c2ccc(N(c3ccc(-c4ccccc4)cc3)c3ccc4c(c3)sc3ccc(N(c5ccccc5)c5ccccc5)cc34)cc2)cc1. The van der Waals surface area contributed by atoms with Gasteiger partial charge in [-0.3, -0.25) is 0 Å². The van der Waals surface area contributed by atoms with Crippen LogP contribution in [0.4, 0.5) is 34.1 Å². The van der Waals surface area contributed by atoms with Crippen LogP contribution in [0.3, 0.4) is 0 Å². The van der Waals surface area contributed by atoms with Gasteiger partial charge in [-0.25, -0.2) is 0 Å². The van der Waals surface area contributed by atoms with Crippen molar-refractivity contribution >= 4 is 65.6 Å². The summed E-state index contributed by atoms with van der Waals surface area (Å²) in [4.78, 5) is 4.70. The zero-order valence-electron chi connectivity index (χ0n) is 27.9. The second kappa shape index (κ2) is 13.5. The van der Waals surface area contributed by atoms with Crippen LogP contribution in [0, 0.1) is 0 Å². The van der Waals surface area contributed by atoms with Gasteiger partial charge in [-0.15, -0.1) is 11.3 Å². The fraction of sp³-hybridized carbons (Fsp3) is 0. The quantitative estimate of drug-likeness (QED) is 0.159.